The van der Waals surface area contributed by atoms with Crippen molar-refractivity contribution in [3.8, 4) is 0 Å². The molecule has 1 aromatic rings. The summed E-state index contributed by atoms with van der Waals surface area (Å²) in [6, 6.07) is 0.986. The largest absolute Gasteiger partial charge is 0.335 e. The van der Waals surface area contributed by atoms with E-state index in [2.05, 4.69) is 15.2 Å². The third kappa shape index (κ3) is 3.29. The van der Waals surface area contributed by atoms with E-state index in [4.69, 9.17) is 0 Å². The Balaban J connectivity index is 1.22. The Kier molecular flexibility index (Phi) is 4.48. The van der Waals surface area contributed by atoms with Gasteiger partial charge in [0.2, 0.25) is 0 Å². The molecule has 2 saturated carbocycles. The number of aromatic nitrogens is 2. The molecule has 1 saturated heterocycles. The smallest absolute Gasteiger partial charge is 0.317 e. The second kappa shape index (κ2) is 6.75. The lowest BCUT2D eigenvalue weighted by Gasteiger charge is -2.41. The zero-order chi connectivity index (χ0) is 16.5. The van der Waals surface area contributed by atoms with Crippen molar-refractivity contribution in [2.45, 2.75) is 51.2 Å². The first-order chi connectivity index (χ1) is 11.7. The Hall–Kier alpha value is -1.56. The van der Waals surface area contributed by atoms with Crippen molar-refractivity contribution in [1.82, 2.24) is 24.7 Å². The van der Waals surface area contributed by atoms with Gasteiger partial charge in [-0.2, -0.15) is 0 Å². The van der Waals surface area contributed by atoms with E-state index in [0.29, 0.717) is 0 Å². The fourth-order valence-corrected chi connectivity index (χ4v) is 4.97. The quantitative estimate of drug-likeness (QED) is 0.915. The first-order valence-corrected chi connectivity index (χ1v) is 9.44. The third-order valence-electron chi connectivity index (χ3n) is 6.19. The Bertz CT molecular complexity index is 552. The Morgan fingerprint density at radius 3 is 2.71 bits per heavy atom. The molecule has 4 rings (SSSR count). The summed E-state index contributed by atoms with van der Waals surface area (Å²) in [6.07, 6.45) is 11.2. The first kappa shape index (κ1) is 15.9. The van der Waals surface area contributed by atoms with E-state index >= 15 is 0 Å². The van der Waals surface area contributed by atoms with Gasteiger partial charge < -0.3 is 14.8 Å². The highest BCUT2D eigenvalue weighted by molar-refractivity contribution is 5.74. The molecule has 0 unspecified atom stereocenters. The number of rotatable bonds is 4. The molecule has 1 aliphatic heterocycles. The number of nitrogens with one attached hydrogen (secondary N) is 1. The van der Waals surface area contributed by atoms with Gasteiger partial charge in [0.1, 0.15) is 0 Å². The van der Waals surface area contributed by atoms with E-state index in [1.165, 1.54) is 25.7 Å². The molecule has 0 spiro atoms. The molecule has 2 heterocycles. The van der Waals surface area contributed by atoms with Gasteiger partial charge in [0.15, 0.2) is 0 Å². The van der Waals surface area contributed by atoms with Gasteiger partial charge in [0.25, 0.3) is 0 Å². The average molecular weight is 331 g/mol. The fourth-order valence-electron chi connectivity index (χ4n) is 4.97. The highest BCUT2D eigenvalue weighted by Crippen LogP contribution is 2.46. The maximum atomic E-state index is 12.5. The molecule has 2 amide bonds. The van der Waals surface area contributed by atoms with E-state index in [1.54, 1.807) is 12.5 Å². The monoisotopic (exact) mass is 331 g/mol. The molecule has 0 aromatic carbocycles. The molecule has 2 aliphatic carbocycles. The van der Waals surface area contributed by atoms with Gasteiger partial charge in [-0.15, -0.1) is 0 Å². The summed E-state index contributed by atoms with van der Waals surface area (Å²) in [6.45, 7) is 6.60. The Morgan fingerprint density at radius 1 is 1.25 bits per heavy atom. The summed E-state index contributed by atoms with van der Waals surface area (Å²) in [7, 11) is 0. The fraction of sp³-hybridized carbons (Fsp3) is 0.778. The average Bonchev–Trinajstić information content (AvgIpc) is 3.32. The molecule has 3 fully saturated rings. The third-order valence-corrected chi connectivity index (χ3v) is 6.19. The van der Waals surface area contributed by atoms with Crippen LogP contribution in [0.3, 0.4) is 0 Å². The van der Waals surface area contributed by atoms with Crippen LogP contribution in [0.2, 0.25) is 0 Å². The molecule has 132 valence electrons. The van der Waals surface area contributed by atoms with E-state index in [0.717, 1.165) is 50.6 Å². The molecule has 4 atom stereocenters. The lowest BCUT2D eigenvalue weighted by atomic mass is 9.93. The van der Waals surface area contributed by atoms with Crippen molar-refractivity contribution < 1.29 is 4.79 Å². The van der Waals surface area contributed by atoms with Crippen LogP contribution in [0.25, 0.3) is 0 Å². The highest BCUT2D eigenvalue weighted by Gasteiger charge is 2.42. The maximum Gasteiger partial charge on any atom is 0.317 e. The minimum atomic E-state index is 0.0789. The summed E-state index contributed by atoms with van der Waals surface area (Å²) < 4.78 is 2.00. The van der Waals surface area contributed by atoms with Gasteiger partial charge in [-0.3, -0.25) is 4.90 Å². The van der Waals surface area contributed by atoms with Crippen LogP contribution in [0.1, 0.15) is 32.6 Å². The molecule has 6 heteroatoms. The predicted octanol–water partition coefficient (Wildman–Crippen LogP) is 1.79. The summed E-state index contributed by atoms with van der Waals surface area (Å²) in [5, 5.41) is 3.12. The van der Waals surface area contributed by atoms with Gasteiger partial charge in [0, 0.05) is 57.2 Å². The molecular formula is C18H29N5O. The van der Waals surface area contributed by atoms with E-state index in [1.807, 2.05) is 22.6 Å². The second-order valence-corrected chi connectivity index (χ2v) is 7.88. The highest BCUT2D eigenvalue weighted by atomic mass is 16.2. The van der Waals surface area contributed by atoms with Crippen LogP contribution in [-0.4, -0.2) is 63.6 Å². The number of carbonyl (C=O) groups excluding carboxylic acids is 1. The van der Waals surface area contributed by atoms with Crippen molar-refractivity contribution >= 4 is 6.03 Å². The molecule has 24 heavy (non-hydrogen) atoms. The summed E-state index contributed by atoms with van der Waals surface area (Å²) in [5.41, 5.74) is 0. The zero-order valence-corrected chi connectivity index (χ0v) is 14.6. The number of piperazine rings is 1. The molecule has 6 nitrogen and oxygen atoms in total. The number of fused-ring (bicyclic) bond motifs is 2. The van der Waals surface area contributed by atoms with Crippen molar-refractivity contribution in [1.29, 1.82) is 0 Å². The lowest BCUT2D eigenvalue weighted by molar-refractivity contribution is 0.0819. The molecular weight excluding hydrogens is 302 g/mol. The van der Waals surface area contributed by atoms with E-state index < -0.39 is 0 Å². The van der Waals surface area contributed by atoms with Crippen LogP contribution in [0.4, 0.5) is 4.79 Å². The van der Waals surface area contributed by atoms with Crippen LogP contribution < -0.4 is 5.32 Å². The van der Waals surface area contributed by atoms with Crippen LogP contribution >= 0.6 is 0 Å². The van der Waals surface area contributed by atoms with Crippen LogP contribution in [0.5, 0.6) is 0 Å². The number of hydrogen-bond donors (Lipinski definition) is 1. The summed E-state index contributed by atoms with van der Waals surface area (Å²) in [5.74, 6) is 1.93. The number of imidazole rings is 1. The topological polar surface area (TPSA) is 53.4 Å². The summed E-state index contributed by atoms with van der Waals surface area (Å²) in [4.78, 5) is 21.1. The standard InChI is InChI=1S/C18H29N5O/c1-14(12-21-5-4-19-13-21)20-18(24)23-8-6-22(7-9-23)17-11-15-2-3-16(17)10-15/h4-5,13-17H,2-3,6-12H2,1H3,(H,20,24)/t14-,15+,16+,17+/m1/s1. The minimum absolute atomic E-state index is 0.0789. The number of amides is 2. The van der Waals surface area contributed by atoms with Crippen LogP contribution in [-0.2, 0) is 6.54 Å². The maximum absolute atomic E-state index is 12.5. The number of nitrogens with zero attached hydrogens (tertiary/aromatic N) is 4. The van der Waals surface area contributed by atoms with Gasteiger partial charge in [-0.25, -0.2) is 9.78 Å². The van der Waals surface area contributed by atoms with Gasteiger partial charge in [0.05, 0.1) is 6.33 Å². The van der Waals surface area contributed by atoms with Crippen molar-refractivity contribution in [2.75, 3.05) is 26.2 Å². The summed E-state index contributed by atoms with van der Waals surface area (Å²) >= 11 is 0. The normalized spacial score (nSPS) is 31.4. The molecule has 0 radical (unpaired) electrons. The molecule has 1 aromatic heterocycles. The lowest BCUT2D eigenvalue weighted by Crippen LogP contribution is -2.56. The zero-order valence-electron chi connectivity index (χ0n) is 14.6. The SMILES string of the molecule is C[C@H](Cn1ccnc1)NC(=O)N1CCN([C@H]2C[C@H]3CC[C@H]2C3)CC1. The van der Waals surface area contributed by atoms with Crippen molar-refractivity contribution in [3.63, 3.8) is 0 Å². The molecule has 1 N–H and O–H groups in total. The Morgan fingerprint density at radius 2 is 2.08 bits per heavy atom. The van der Waals surface area contributed by atoms with Gasteiger partial charge >= 0.3 is 6.03 Å². The van der Waals surface area contributed by atoms with E-state index in [-0.39, 0.29) is 12.1 Å². The molecule has 3 aliphatic rings. The predicted molar refractivity (Wildman–Crippen MR) is 92.6 cm³/mol. The van der Waals surface area contributed by atoms with Crippen LogP contribution in [0, 0.1) is 11.8 Å². The van der Waals surface area contributed by atoms with Crippen LogP contribution in [0.15, 0.2) is 18.7 Å². The first-order valence-electron chi connectivity index (χ1n) is 9.44. The van der Waals surface area contributed by atoms with Gasteiger partial charge in [-0.1, -0.05) is 6.42 Å². The number of urea groups is 1. The van der Waals surface area contributed by atoms with E-state index in [9.17, 15) is 4.79 Å². The Labute approximate surface area is 144 Å². The minimum Gasteiger partial charge on any atom is -0.335 e. The second-order valence-electron chi connectivity index (χ2n) is 7.88. The molecule has 2 bridgehead atoms. The number of hydrogen-bond acceptors (Lipinski definition) is 3. The van der Waals surface area contributed by atoms with Crippen molar-refractivity contribution in [3.05, 3.63) is 18.7 Å². The van der Waals surface area contributed by atoms with Gasteiger partial charge in [-0.05, 0) is 38.0 Å². The number of carbonyl (C=O) groups is 1. The van der Waals surface area contributed by atoms with Crippen molar-refractivity contribution in [2.24, 2.45) is 11.8 Å².